The molecule has 2 bridgehead atoms. The second kappa shape index (κ2) is 19.2. The molecule has 4 fully saturated rings. The fraction of sp³-hybridized carbons (Fsp3) is 0.396. The highest BCUT2D eigenvalue weighted by atomic mass is 32.2. The minimum absolute atomic E-state index is 0.00527. The molecule has 1 aromatic heterocycles. The average Bonchev–Trinajstić information content (AvgIpc) is 3.84. The van der Waals surface area contributed by atoms with Gasteiger partial charge in [0.25, 0.3) is 21.6 Å². The van der Waals surface area contributed by atoms with Crippen LogP contribution in [0.2, 0.25) is 0 Å². The van der Waals surface area contributed by atoms with E-state index in [-0.39, 0.29) is 22.9 Å². The summed E-state index contributed by atoms with van der Waals surface area (Å²) in [5.74, 6) is 0.0275. The Balaban J connectivity index is 0.866. The molecule has 330 valence electrons. The number of hydrogen-bond acceptors (Lipinski definition) is 12. The molecule has 63 heavy (non-hydrogen) atoms. The van der Waals surface area contributed by atoms with Crippen LogP contribution in [-0.2, 0) is 27.8 Å². The Morgan fingerprint density at radius 2 is 1.57 bits per heavy atom. The number of carbonyl (C=O) groups is 1. The maximum atomic E-state index is 13.8. The SMILES string of the molecule is O=C(NS(=O)(=O)c1ccc(NCC2CCOCC2)c([N+](=O)[O-])c1)c1ccc(N2CCN(Cc3ccccc3-c3ccc(CN4[C@@H]5CCC[C@H]4CC5)s3)CC2)cc1Oc1ccccc1. The molecule has 4 aromatic carbocycles. The van der Waals surface area contributed by atoms with Crippen LogP contribution in [0.5, 0.6) is 11.5 Å². The number of anilines is 2. The number of thiophene rings is 1. The van der Waals surface area contributed by atoms with E-state index in [1.165, 1.54) is 65.1 Å². The Labute approximate surface area is 373 Å². The summed E-state index contributed by atoms with van der Waals surface area (Å²) >= 11 is 1.93. The average molecular weight is 891 g/mol. The van der Waals surface area contributed by atoms with Gasteiger partial charge in [-0.3, -0.25) is 24.7 Å². The van der Waals surface area contributed by atoms with Gasteiger partial charge in [0, 0.05) is 98.7 Å². The number of piperazine rings is 1. The van der Waals surface area contributed by atoms with E-state index in [0.717, 1.165) is 75.9 Å². The van der Waals surface area contributed by atoms with Crippen LogP contribution in [0, 0.1) is 16.0 Å². The first-order valence-electron chi connectivity index (χ1n) is 22.1. The minimum Gasteiger partial charge on any atom is -0.456 e. The maximum absolute atomic E-state index is 13.8. The number of benzene rings is 4. The van der Waals surface area contributed by atoms with E-state index in [4.69, 9.17) is 9.47 Å². The smallest absolute Gasteiger partial charge is 0.293 e. The number of nitrogens with one attached hydrogen (secondary N) is 2. The lowest BCUT2D eigenvalue weighted by Gasteiger charge is -2.36. The number of sulfonamides is 1. The molecule has 0 spiro atoms. The van der Waals surface area contributed by atoms with Crippen molar-refractivity contribution in [3.63, 3.8) is 0 Å². The maximum Gasteiger partial charge on any atom is 0.293 e. The lowest BCUT2D eigenvalue weighted by Crippen LogP contribution is -2.46. The zero-order valence-corrected chi connectivity index (χ0v) is 37.0. The molecule has 0 radical (unpaired) electrons. The number of para-hydroxylation sites is 1. The fourth-order valence-corrected chi connectivity index (χ4v) is 11.7. The van der Waals surface area contributed by atoms with Gasteiger partial charge < -0.3 is 19.7 Å². The van der Waals surface area contributed by atoms with Crippen molar-refractivity contribution in [1.29, 1.82) is 0 Å². The highest BCUT2D eigenvalue weighted by Gasteiger charge is 2.36. The van der Waals surface area contributed by atoms with E-state index < -0.39 is 31.4 Å². The van der Waals surface area contributed by atoms with Crippen LogP contribution in [0.1, 0.15) is 65.7 Å². The number of rotatable bonds is 15. The summed E-state index contributed by atoms with van der Waals surface area (Å²) in [5.41, 5.74) is 3.26. The molecule has 9 rings (SSSR count). The van der Waals surface area contributed by atoms with E-state index >= 15 is 0 Å². The standard InChI is InChI=1S/C48H54N6O7S2/c55-48(50-63(58,59)41-17-19-44(45(30-41)54(56)57)49-31-34-21-27-60-28-22-34)43-18-15-38(29-46(43)61-39-10-2-1-3-11-39)52-25-23-51(24-26-52)32-35-7-4-5-12-42(35)47-20-16-40(62-47)33-53-36-8-6-9-37(53)14-13-36/h1-5,7,10-12,15-20,29-30,34,36-37,49H,6,8-9,13-14,21-28,31-33H2,(H,50,55)/t36-,37+. The van der Waals surface area contributed by atoms with Crippen molar-refractivity contribution >= 4 is 44.3 Å². The van der Waals surface area contributed by atoms with E-state index in [9.17, 15) is 23.3 Å². The van der Waals surface area contributed by atoms with E-state index in [0.29, 0.717) is 25.5 Å². The monoisotopic (exact) mass is 890 g/mol. The van der Waals surface area contributed by atoms with Crippen LogP contribution in [0.15, 0.2) is 108 Å². The lowest BCUT2D eigenvalue weighted by atomic mass is 10.0. The number of hydrogen-bond donors (Lipinski definition) is 2. The lowest BCUT2D eigenvalue weighted by molar-refractivity contribution is -0.384. The molecule has 4 aliphatic heterocycles. The molecule has 0 aliphatic carbocycles. The Hall–Kier alpha value is -5.32. The normalized spacial score (nSPS) is 19.8. The number of nitrogens with zero attached hydrogens (tertiary/aromatic N) is 4. The van der Waals surface area contributed by atoms with Crippen LogP contribution in [0.4, 0.5) is 17.1 Å². The molecular formula is C48H54N6O7S2. The summed E-state index contributed by atoms with van der Waals surface area (Å²) in [7, 11) is -4.52. The van der Waals surface area contributed by atoms with E-state index in [1.54, 1.807) is 30.3 Å². The second-order valence-electron chi connectivity index (χ2n) is 17.1. The first-order chi connectivity index (χ1) is 30.7. The number of ether oxygens (including phenoxy) is 2. The van der Waals surface area contributed by atoms with Gasteiger partial charge >= 0.3 is 0 Å². The third-order valence-corrected chi connectivity index (χ3v) is 15.5. The zero-order valence-electron chi connectivity index (χ0n) is 35.3. The van der Waals surface area contributed by atoms with Gasteiger partial charge in [0.1, 0.15) is 17.2 Å². The molecule has 13 nitrogen and oxygen atoms in total. The number of piperidine rings is 1. The molecule has 1 amide bonds. The number of nitro benzene ring substituents is 1. The van der Waals surface area contributed by atoms with Crippen molar-refractivity contribution in [2.75, 3.05) is 56.2 Å². The van der Waals surface area contributed by atoms with Crippen LogP contribution < -0.4 is 19.7 Å². The molecule has 15 heteroatoms. The number of carbonyl (C=O) groups excluding carboxylic acids is 1. The minimum atomic E-state index is -4.52. The summed E-state index contributed by atoms with van der Waals surface area (Å²) in [6.07, 6.45) is 8.41. The number of amides is 1. The van der Waals surface area contributed by atoms with Gasteiger partial charge in [0.2, 0.25) is 0 Å². The Morgan fingerprint density at radius 3 is 2.33 bits per heavy atom. The topological polar surface area (TPSA) is 147 Å². The predicted molar refractivity (Wildman–Crippen MR) is 246 cm³/mol. The molecule has 0 saturated carbocycles. The summed E-state index contributed by atoms with van der Waals surface area (Å²) in [6.45, 7) is 6.80. The van der Waals surface area contributed by atoms with Crippen molar-refractivity contribution in [2.45, 2.75) is 75.0 Å². The molecule has 5 heterocycles. The molecule has 2 N–H and O–H groups in total. The van der Waals surface area contributed by atoms with Crippen molar-refractivity contribution in [3.05, 3.63) is 129 Å². The van der Waals surface area contributed by atoms with E-state index in [2.05, 4.69) is 61.1 Å². The Bertz CT molecular complexity index is 2510. The fourth-order valence-electron chi connectivity index (χ4n) is 9.59. The van der Waals surface area contributed by atoms with E-state index in [1.807, 2.05) is 29.5 Å². The Morgan fingerprint density at radius 1 is 0.825 bits per heavy atom. The summed E-state index contributed by atoms with van der Waals surface area (Å²) in [6, 6.07) is 32.6. The van der Waals surface area contributed by atoms with Crippen LogP contribution in [0.3, 0.4) is 0 Å². The molecule has 2 atom stereocenters. The highest BCUT2D eigenvalue weighted by molar-refractivity contribution is 7.90. The number of nitro groups is 1. The molecule has 5 aromatic rings. The van der Waals surface area contributed by atoms with Gasteiger partial charge in [-0.05, 0) is 104 Å². The van der Waals surface area contributed by atoms with Gasteiger partial charge in [0.15, 0.2) is 0 Å². The summed E-state index contributed by atoms with van der Waals surface area (Å²) < 4.78 is 41.0. The highest BCUT2D eigenvalue weighted by Crippen LogP contribution is 2.39. The Kier molecular flexibility index (Phi) is 13.1. The summed E-state index contributed by atoms with van der Waals surface area (Å²) in [5, 5.41) is 15.2. The largest absolute Gasteiger partial charge is 0.456 e. The molecule has 4 saturated heterocycles. The van der Waals surface area contributed by atoms with Gasteiger partial charge in [-0.25, -0.2) is 13.1 Å². The molecular weight excluding hydrogens is 837 g/mol. The van der Waals surface area contributed by atoms with Gasteiger partial charge in [0.05, 0.1) is 15.4 Å². The first kappa shape index (κ1) is 43.0. The zero-order chi connectivity index (χ0) is 43.3. The first-order valence-corrected chi connectivity index (χ1v) is 24.4. The van der Waals surface area contributed by atoms with Crippen LogP contribution >= 0.6 is 11.3 Å². The van der Waals surface area contributed by atoms with Crippen molar-refractivity contribution in [2.24, 2.45) is 5.92 Å². The summed E-state index contributed by atoms with van der Waals surface area (Å²) in [4.78, 5) is 35.1. The second-order valence-corrected chi connectivity index (χ2v) is 19.9. The third-order valence-electron chi connectivity index (χ3n) is 13.1. The van der Waals surface area contributed by atoms with Crippen molar-refractivity contribution in [1.82, 2.24) is 14.5 Å². The number of fused-ring (bicyclic) bond motifs is 2. The van der Waals surface area contributed by atoms with Crippen molar-refractivity contribution in [3.8, 4) is 21.9 Å². The quantitative estimate of drug-likeness (QED) is 0.0768. The van der Waals surface area contributed by atoms with Gasteiger partial charge in [-0.15, -0.1) is 11.3 Å². The third kappa shape index (κ3) is 10.1. The van der Waals surface area contributed by atoms with Crippen molar-refractivity contribution < 1.29 is 27.6 Å². The van der Waals surface area contributed by atoms with Gasteiger partial charge in [-0.1, -0.05) is 48.9 Å². The van der Waals surface area contributed by atoms with Crippen LogP contribution in [0.25, 0.3) is 10.4 Å². The predicted octanol–water partition coefficient (Wildman–Crippen LogP) is 8.91. The van der Waals surface area contributed by atoms with Gasteiger partial charge in [-0.2, -0.15) is 0 Å². The molecule has 0 unspecified atom stereocenters. The molecule has 4 aliphatic rings. The van der Waals surface area contributed by atoms with Crippen LogP contribution in [-0.4, -0.2) is 87.1 Å².